The first kappa shape index (κ1) is 16.2. The third kappa shape index (κ3) is 3.54. The fraction of sp³-hybridized carbons (Fsp3) is 0.412. The molecule has 0 radical (unpaired) electrons. The number of carbonyl (C=O) groups is 1. The second-order valence-electron chi connectivity index (χ2n) is 5.48. The van der Waals surface area contributed by atoms with E-state index >= 15 is 0 Å². The molecule has 118 valence electrons. The minimum atomic E-state index is -0.0416. The molecule has 0 aromatic carbocycles. The van der Waals surface area contributed by atoms with E-state index in [-0.39, 0.29) is 11.9 Å². The molecule has 0 fully saturated rings. The number of amides is 1. The molecule has 0 spiro atoms. The maximum atomic E-state index is 12.4. The molecule has 0 aliphatic rings. The van der Waals surface area contributed by atoms with Crippen molar-refractivity contribution in [3.63, 3.8) is 0 Å². The Hall–Kier alpha value is -2.14. The molecule has 2 N–H and O–H groups in total. The van der Waals surface area contributed by atoms with Crippen LogP contribution in [-0.4, -0.2) is 34.6 Å². The summed E-state index contributed by atoms with van der Waals surface area (Å²) in [6.45, 7) is 9.55. The zero-order valence-electron chi connectivity index (χ0n) is 13.7. The van der Waals surface area contributed by atoms with Crippen molar-refractivity contribution < 1.29 is 4.79 Å². The Morgan fingerprint density at radius 3 is 2.77 bits per heavy atom. The van der Waals surface area contributed by atoms with Crippen molar-refractivity contribution in [3.8, 4) is 5.82 Å². The van der Waals surface area contributed by atoms with Crippen LogP contribution >= 0.6 is 0 Å². The lowest BCUT2D eigenvalue weighted by atomic mass is 10.2. The molecule has 0 aliphatic heterocycles. The van der Waals surface area contributed by atoms with Gasteiger partial charge in [0.05, 0.1) is 5.56 Å². The molecular weight excluding hydrogens is 276 g/mol. The second kappa shape index (κ2) is 7.22. The van der Waals surface area contributed by atoms with Crippen LogP contribution in [0.3, 0.4) is 0 Å². The Kier molecular flexibility index (Phi) is 5.33. The van der Waals surface area contributed by atoms with Gasteiger partial charge >= 0.3 is 0 Å². The maximum Gasteiger partial charge on any atom is 0.253 e. The first-order valence-corrected chi connectivity index (χ1v) is 7.66. The summed E-state index contributed by atoms with van der Waals surface area (Å²) in [5, 5.41) is 6.26. The first-order valence-electron chi connectivity index (χ1n) is 7.66. The minimum absolute atomic E-state index is 0.0416. The van der Waals surface area contributed by atoms with Crippen molar-refractivity contribution in [1.29, 1.82) is 0 Å². The lowest BCUT2D eigenvalue weighted by Gasteiger charge is -2.13. The van der Waals surface area contributed by atoms with Crippen LogP contribution in [0.15, 0.2) is 30.5 Å². The van der Waals surface area contributed by atoms with Gasteiger partial charge in [-0.1, -0.05) is 13.0 Å². The molecule has 5 nitrogen and oxygen atoms in total. The summed E-state index contributed by atoms with van der Waals surface area (Å²) < 4.78 is 2.00. The molecule has 2 aromatic heterocycles. The van der Waals surface area contributed by atoms with E-state index in [1.807, 2.05) is 42.7 Å². The highest BCUT2D eigenvalue weighted by molar-refractivity contribution is 5.95. The van der Waals surface area contributed by atoms with E-state index < -0.39 is 0 Å². The zero-order chi connectivity index (χ0) is 16.1. The summed E-state index contributed by atoms with van der Waals surface area (Å²) in [4.78, 5) is 16.8. The van der Waals surface area contributed by atoms with Crippen LogP contribution in [-0.2, 0) is 0 Å². The van der Waals surface area contributed by atoms with Gasteiger partial charge in [-0.15, -0.1) is 0 Å². The molecular formula is C17H24N4O. The van der Waals surface area contributed by atoms with Gasteiger partial charge in [0, 0.05) is 30.2 Å². The summed E-state index contributed by atoms with van der Waals surface area (Å²) in [7, 11) is 0. The number of nitrogens with one attached hydrogen (secondary N) is 2. The average Bonchev–Trinajstić information content (AvgIpc) is 2.81. The van der Waals surface area contributed by atoms with E-state index in [9.17, 15) is 4.79 Å². The van der Waals surface area contributed by atoms with Gasteiger partial charge in [-0.25, -0.2) is 4.98 Å². The summed E-state index contributed by atoms with van der Waals surface area (Å²) >= 11 is 0. The normalized spacial score (nSPS) is 12.2. The van der Waals surface area contributed by atoms with Crippen molar-refractivity contribution in [2.24, 2.45) is 0 Å². The van der Waals surface area contributed by atoms with Crippen LogP contribution in [0.1, 0.15) is 35.6 Å². The molecule has 1 atom stereocenters. The standard InChI is InChI=1S/C17H24N4O/c1-5-18-12(2)11-20-17(22)15-10-13(3)21(14(15)4)16-8-6-7-9-19-16/h6-10,12,18H,5,11H2,1-4H3,(H,20,22)/t12-/m1/s1. The van der Waals surface area contributed by atoms with Crippen LogP contribution in [0.4, 0.5) is 0 Å². The highest BCUT2D eigenvalue weighted by Crippen LogP contribution is 2.19. The number of carbonyl (C=O) groups excluding carboxylic acids is 1. The Morgan fingerprint density at radius 1 is 1.36 bits per heavy atom. The lowest BCUT2D eigenvalue weighted by molar-refractivity contribution is 0.0949. The van der Waals surface area contributed by atoms with Crippen LogP contribution in [0.2, 0.25) is 0 Å². The summed E-state index contributed by atoms with van der Waals surface area (Å²) in [5.41, 5.74) is 2.61. The Morgan fingerprint density at radius 2 is 2.14 bits per heavy atom. The number of pyridine rings is 1. The van der Waals surface area contributed by atoms with Crippen LogP contribution in [0.25, 0.3) is 5.82 Å². The van der Waals surface area contributed by atoms with Gasteiger partial charge in [0.15, 0.2) is 0 Å². The molecule has 0 aliphatic carbocycles. The zero-order valence-corrected chi connectivity index (χ0v) is 13.7. The number of aryl methyl sites for hydroxylation is 1. The number of rotatable bonds is 6. The van der Waals surface area contributed by atoms with Crippen molar-refractivity contribution in [3.05, 3.63) is 47.4 Å². The van der Waals surface area contributed by atoms with Gasteiger partial charge in [0.1, 0.15) is 5.82 Å². The van der Waals surface area contributed by atoms with E-state index in [2.05, 4.69) is 29.5 Å². The Balaban J connectivity index is 2.18. The number of aromatic nitrogens is 2. The highest BCUT2D eigenvalue weighted by atomic mass is 16.1. The predicted molar refractivity (Wildman–Crippen MR) is 88.5 cm³/mol. The molecule has 2 rings (SSSR count). The van der Waals surface area contributed by atoms with Gasteiger partial charge in [-0.2, -0.15) is 0 Å². The van der Waals surface area contributed by atoms with Crippen LogP contribution < -0.4 is 10.6 Å². The molecule has 2 aromatic rings. The topological polar surface area (TPSA) is 58.9 Å². The van der Waals surface area contributed by atoms with Crippen LogP contribution in [0.5, 0.6) is 0 Å². The quantitative estimate of drug-likeness (QED) is 0.860. The first-order chi connectivity index (χ1) is 10.5. The largest absolute Gasteiger partial charge is 0.350 e. The van der Waals surface area contributed by atoms with Gasteiger partial charge in [0.2, 0.25) is 0 Å². The van der Waals surface area contributed by atoms with E-state index in [0.717, 1.165) is 23.8 Å². The van der Waals surface area contributed by atoms with Gasteiger partial charge in [-0.3, -0.25) is 4.79 Å². The molecule has 2 heterocycles. The lowest BCUT2D eigenvalue weighted by Crippen LogP contribution is -2.38. The second-order valence-corrected chi connectivity index (χ2v) is 5.48. The van der Waals surface area contributed by atoms with Gasteiger partial charge in [0.25, 0.3) is 5.91 Å². The monoisotopic (exact) mass is 300 g/mol. The number of likely N-dealkylation sites (N-methyl/N-ethyl adjacent to an activating group) is 1. The van der Waals surface area contributed by atoms with Crippen LogP contribution in [0, 0.1) is 13.8 Å². The summed E-state index contributed by atoms with van der Waals surface area (Å²) in [5.74, 6) is 0.789. The van der Waals surface area contributed by atoms with Gasteiger partial charge < -0.3 is 15.2 Å². The van der Waals surface area contributed by atoms with Crippen molar-refractivity contribution in [1.82, 2.24) is 20.2 Å². The van der Waals surface area contributed by atoms with Gasteiger partial charge in [-0.05, 0) is 45.5 Å². The fourth-order valence-corrected chi connectivity index (χ4v) is 2.59. The number of hydrogen-bond donors (Lipinski definition) is 2. The molecule has 5 heteroatoms. The minimum Gasteiger partial charge on any atom is -0.350 e. The molecule has 0 saturated carbocycles. The van der Waals surface area contributed by atoms with Crippen molar-refractivity contribution in [2.75, 3.05) is 13.1 Å². The Bertz CT molecular complexity index is 634. The van der Waals surface area contributed by atoms with Crippen molar-refractivity contribution >= 4 is 5.91 Å². The van der Waals surface area contributed by atoms with Crippen molar-refractivity contribution in [2.45, 2.75) is 33.7 Å². The SMILES string of the molecule is CCN[C@H](C)CNC(=O)c1cc(C)n(-c2ccccn2)c1C. The van der Waals surface area contributed by atoms with E-state index in [1.54, 1.807) is 6.20 Å². The third-order valence-electron chi connectivity index (χ3n) is 3.68. The number of nitrogens with zero attached hydrogens (tertiary/aromatic N) is 2. The summed E-state index contributed by atoms with van der Waals surface area (Å²) in [6, 6.07) is 7.94. The average molecular weight is 300 g/mol. The Labute approximate surface area is 131 Å². The third-order valence-corrected chi connectivity index (χ3v) is 3.68. The van der Waals surface area contributed by atoms with E-state index in [1.165, 1.54) is 0 Å². The smallest absolute Gasteiger partial charge is 0.253 e. The molecule has 0 bridgehead atoms. The molecule has 0 saturated heterocycles. The molecule has 22 heavy (non-hydrogen) atoms. The fourth-order valence-electron chi connectivity index (χ4n) is 2.59. The molecule has 0 unspecified atom stereocenters. The summed E-state index contributed by atoms with van der Waals surface area (Å²) in [6.07, 6.45) is 1.76. The highest BCUT2D eigenvalue weighted by Gasteiger charge is 2.17. The molecule has 1 amide bonds. The predicted octanol–water partition coefficient (Wildman–Crippen LogP) is 2.22. The van der Waals surface area contributed by atoms with E-state index in [4.69, 9.17) is 0 Å². The number of hydrogen-bond acceptors (Lipinski definition) is 3. The van der Waals surface area contributed by atoms with E-state index in [0.29, 0.717) is 12.1 Å². The maximum absolute atomic E-state index is 12.4.